The minimum Gasteiger partial charge on any atom is -0.498 e. The number of aldehydes is 1. The normalized spacial score (nSPS) is 20.1. The van der Waals surface area contributed by atoms with Crippen molar-refractivity contribution in [2.75, 3.05) is 14.2 Å². The van der Waals surface area contributed by atoms with Gasteiger partial charge in [-0.05, 0) is 6.08 Å². The van der Waals surface area contributed by atoms with Gasteiger partial charge in [-0.2, -0.15) is 0 Å². The van der Waals surface area contributed by atoms with Crippen molar-refractivity contribution in [3.63, 3.8) is 0 Å². The summed E-state index contributed by atoms with van der Waals surface area (Å²) >= 11 is 5.85. The summed E-state index contributed by atoms with van der Waals surface area (Å²) in [6, 6.07) is 0. The van der Waals surface area contributed by atoms with Crippen LogP contribution in [0, 0.1) is 0 Å². The average Bonchev–Trinajstić information content (AvgIpc) is 2.31. The van der Waals surface area contributed by atoms with Crippen LogP contribution < -0.4 is 0 Å². The first-order valence-corrected chi connectivity index (χ1v) is 5.23. The lowest BCUT2D eigenvalue weighted by Crippen LogP contribution is -2.19. The van der Waals surface area contributed by atoms with Crippen LogP contribution in [0.25, 0.3) is 0 Å². The molecule has 0 N–H and O–H groups in total. The van der Waals surface area contributed by atoms with Gasteiger partial charge in [0, 0.05) is 24.1 Å². The molecule has 3 nitrogen and oxygen atoms in total. The van der Waals surface area contributed by atoms with Crippen LogP contribution in [-0.2, 0) is 14.3 Å². The molecule has 0 heterocycles. The SMILES string of the molecule is CC.COC1=CC(C=O)=C(Cl)CC1OC. The van der Waals surface area contributed by atoms with E-state index in [0.717, 1.165) is 0 Å². The van der Waals surface area contributed by atoms with Crippen LogP contribution in [0.15, 0.2) is 22.4 Å². The summed E-state index contributed by atoms with van der Waals surface area (Å²) in [4.78, 5) is 10.5. The lowest BCUT2D eigenvalue weighted by atomic mass is 10.0. The molecule has 1 aliphatic rings. The lowest BCUT2D eigenvalue weighted by molar-refractivity contribution is -0.104. The zero-order valence-corrected chi connectivity index (χ0v) is 10.3. The summed E-state index contributed by atoms with van der Waals surface area (Å²) in [5.74, 6) is 0.633. The fourth-order valence-electron chi connectivity index (χ4n) is 1.19. The zero-order chi connectivity index (χ0) is 11.8. The van der Waals surface area contributed by atoms with Gasteiger partial charge in [-0.3, -0.25) is 4.79 Å². The number of carbonyl (C=O) groups excluding carboxylic acids is 1. The Labute approximate surface area is 95.7 Å². The van der Waals surface area contributed by atoms with Gasteiger partial charge < -0.3 is 9.47 Å². The number of methoxy groups -OCH3 is 2. The maximum Gasteiger partial charge on any atom is 0.151 e. The molecule has 4 heteroatoms. The molecule has 0 amide bonds. The topological polar surface area (TPSA) is 35.5 Å². The van der Waals surface area contributed by atoms with E-state index in [1.54, 1.807) is 20.3 Å². The van der Waals surface area contributed by atoms with Crippen molar-refractivity contribution in [3.05, 3.63) is 22.4 Å². The molecule has 0 aromatic carbocycles. The van der Waals surface area contributed by atoms with Crippen LogP contribution in [0.4, 0.5) is 0 Å². The van der Waals surface area contributed by atoms with Crippen molar-refractivity contribution in [3.8, 4) is 0 Å². The van der Waals surface area contributed by atoms with E-state index in [2.05, 4.69) is 0 Å². The molecule has 0 saturated heterocycles. The van der Waals surface area contributed by atoms with E-state index in [1.807, 2.05) is 13.8 Å². The van der Waals surface area contributed by atoms with Crippen molar-refractivity contribution < 1.29 is 14.3 Å². The number of ether oxygens (including phenoxy) is 2. The van der Waals surface area contributed by atoms with Gasteiger partial charge in [-0.1, -0.05) is 25.4 Å². The molecule has 0 bridgehead atoms. The van der Waals surface area contributed by atoms with E-state index < -0.39 is 0 Å². The Morgan fingerprint density at radius 1 is 1.47 bits per heavy atom. The number of hydrogen-bond donors (Lipinski definition) is 0. The van der Waals surface area contributed by atoms with Gasteiger partial charge in [0.15, 0.2) is 6.29 Å². The highest BCUT2D eigenvalue weighted by Crippen LogP contribution is 2.27. The van der Waals surface area contributed by atoms with Gasteiger partial charge in [0.2, 0.25) is 0 Å². The number of carbonyl (C=O) groups is 1. The maximum absolute atomic E-state index is 10.5. The monoisotopic (exact) mass is 232 g/mol. The van der Waals surface area contributed by atoms with Gasteiger partial charge in [0.05, 0.1) is 7.11 Å². The average molecular weight is 233 g/mol. The van der Waals surface area contributed by atoms with Gasteiger partial charge in [0.25, 0.3) is 0 Å². The predicted molar refractivity (Wildman–Crippen MR) is 60.8 cm³/mol. The van der Waals surface area contributed by atoms with Crippen molar-refractivity contribution in [2.24, 2.45) is 0 Å². The van der Waals surface area contributed by atoms with Gasteiger partial charge >= 0.3 is 0 Å². The van der Waals surface area contributed by atoms with E-state index >= 15 is 0 Å². The third kappa shape index (κ3) is 3.68. The summed E-state index contributed by atoms with van der Waals surface area (Å²) in [7, 11) is 3.12. The van der Waals surface area contributed by atoms with Crippen molar-refractivity contribution in [1.82, 2.24) is 0 Å². The van der Waals surface area contributed by atoms with Crippen LogP contribution in [0.1, 0.15) is 20.3 Å². The quantitative estimate of drug-likeness (QED) is 0.702. The Morgan fingerprint density at radius 2 is 2.07 bits per heavy atom. The summed E-state index contributed by atoms with van der Waals surface area (Å²) in [5, 5.41) is 0.516. The Balaban J connectivity index is 0.000000921. The fraction of sp³-hybridized carbons (Fsp3) is 0.545. The molecule has 1 aliphatic carbocycles. The first-order valence-electron chi connectivity index (χ1n) is 4.85. The Hall–Kier alpha value is -0.800. The highest BCUT2D eigenvalue weighted by molar-refractivity contribution is 6.31. The molecule has 15 heavy (non-hydrogen) atoms. The number of hydrogen-bond acceptors (Lipinski definition) is 3. The van der Waals surface area contributed by atoms with Gasteiger partial charge in [-0.15, -0.1) is 0 Å². The molecular weight excluding hydrogens is 216 g/mol. The molecule has 86 valence electrons. The molecule has 0 spiro atoms. The molecule has 0 aromatic rings. The van der Waals surface area contributed by atoms with E-state index in [0.29, 0.717) is 29.1 Å². The maximum atomic E-state index is 10.5. The second kappa shape index (κ2) is 7.49. The summed E-state index contributed by atoms with van der Waals surface area (Å²) in [6.07, 6.45) is 2.63. The molecule has 1 unspecified atom stereocenters. The third-order valence-electron chi connectivity index (χ3n) is 1.94. The largest absolute Gasteiger partial charge is 0.498 e. The summed E-state index contributed by atoms with van der Waals surface area (Å²) in [6.45, 7) is 4.00. The minimum atomic E-state index is -0.179. The Kier molecular flexibility index (Phi) is 7.09. The Morgan fingerprint density at radius 3 is 2.47 bits per heavy atom. The molecule has 0 aliphatic heterocycles. The Bertz CT molecular complexity index is 269. The number of allylic oxidation sites excluding steroid dienone is 2. The van der Waals surface area contributed by atoms with Crippen molar-refractivity contribution in [2.45, 2.75) is 26.4 Å². The molecule has 0 fully saturated rings. The van der Waals surface area contributed by atoms with E-state index in [-0.39, 0.29) is 6.10 Å². The van der Waals surface area contributed by atoms with Crippen LogP contribution in [-0.4, -0.2) is 26.6 Å². The highest BCUT2D eigenvalue weighted by Gasteiger charge is 2.22. The van der Waals surface area contributed by atoms with Gasteiger partial charge in [0.1, 0.15) is 11.9 Å². The van der Waals surface area contributed by atoms with Crippen LogP contribution in [0.5, 0.6) is 0 Å². The molecule has 1 atom stereocenters. The van der Waals surface area contributed by atoms with Crippen molar-refractivity contribution in [1.29, 1.82) is 0 Å². The van der Waals surface area contributed by atoms with Crippen molar-refractivity contribution >= 4 is 17.9 Å². The molecule has 0 aromatic heterocycles. The third-order valence-corrected chi connectivity index (χ3v) is 2.31. The number of rotatable bonds is 3. The van der Waals surface area contributed by atoms with Crippen LogP contribution >= 0.6 is 11.6 Å². The first kappa shape index (κ1) is 14.2. The fourth-order valence-corrected chi connectivity index (χ4v) is 1.43. The van der Waals surface area contributed by atoms with E-state index in [1.165, 1.54) is 0 Å². The smallest absolute Gasteiger partial charge is 0.151 e. The second-order valence-corrected chi connectivity index (χ2v) is 3.11. The van der Waals surface area contributed by atoms with E-state index in [9.17, 15) is 4.79 Å². The number of halogens is 1. The predicted octanol–water partition coefficient (Wildman–Crippen LogP) is 2.65. The summed E-state index contributed by atoms with van der Waals surface area (Å²) in [5.41, 5.74) is 0.465. The molecule has 1 rings (SSSR count). The minimum absolute atomic E-state index is 0.179. The van der Waals surface area contributed by atoms with Crippen LogP contribution in [0.3, 0.4) is 0 Å². The van der Waals surface area contributed by atoms with Gasteiger partial charge in [-0.25, -0.2) is 0 Å². The lowest BCUT2D eigenvalue weighted by Gasteiger charge is -2.21. The molecular formula is C11H17ClO3. The first-order chi connectivity index (χ1) is 7.22. The highest BCUT2D eigenvalue weighted by atomic mass is 35.5. The molecule has 0 radical (unpaired) electrons. The standard InChI is InChI=1S/C9H11ClO3.C2H6/c1-12-8-3-6(5-11)7(10)4-9(8)13-2;1-2/h3,5,9H,4H2,1-2H3;1-2H3. The summed E-state index contributed by atoms with van der Waals surface area (Å²) < 4.78 is 10.2. The zero-order valence-electron chi connectivity index (χ0n) is 9.54. The van der Waals surface area contributed by atoms with E-state index in [4.69, 9.17) is 21.1 Å². The van der Waals surface area contributed by atoms with Crippen LogP contribution in [0.2, 0.25) is 0 Å². The second-order valence-electron chi connectivity index (χ2n) is 2.66. The molecule has 0 saturated carbocycles.